The van der Waals surface area contributed by atoms with Crippen molar-refractivity contribution in [2.24, 2.45) is 5.92 Å². The molecule has 0 unspecified atom stereocenters. The van der Waals surface area contributed by atoms with Crippen molar-refractivity contribution in [3.05, 3.63) is 29.3 Å². The van der Waals surface area contributed by atoms with Crippen LogP contribution in [-0.4, -0.2) is 67.1 Å². The fourth-order valence-corrected chi connectivity index (χ4v) is 4.17. The van der Waals surface area contributed by atoms with Gasteiger partial charge in [-0.15, -0.1) is 0 Å². The van der Waals surface area contributed by atoms with Crippen LogP contribution in [0.3, 0.4) is 0 Å². The molecular formula is C21H28N2O4. The highest BCUT2D eigenvalue weighted by atomic mass is 16.5. The highest BCUT2D eigenvalue weighted by Crippen LogP contribution is 2.27. The Balaban J connectivity index is 1.44. The molecule has 0 N–H and O–H groups in total. The number of fused-ring (bicyclic) bond motifs is 1. The predicted octanol–water partition coefficient (Wildman–Crippen LogP) is 2.11. The van der Waals surface area contributed by atoms with Crippen molar-refractivity contribution in [1.82, 2.24) is 9.80 Å². The van der Waals surface area contributed by atoms with E-state index in [2.05, 4.69) is 6.92 Å². The van der Waals surface area contributed by atoms with Crippen molar-refractivity contribution in [2.75, 3.05) is 39.5 Å². The summed E-state index contributed by atoms with van der Waals surface area (Å²) < 4.78 is 11.1. The van der Waals surface area contributed by atoms with E-state index < -0.39 is 0 Å². The molecule has 1 aromatic carbocycles. The van der Waals surface area contributed by atoms with Crippen LogP contribution in [0.1, 0.15) is 42.1 Å². The molecule has 0 saturated carbocycles. The standard InChI is InChI=1S/C21H28N2O4/c1-15-4-7-22(8-5-15)20(24)13-18-14-26-11-9-23(18)21(25)17-2-3-19-16(12-17)6-10-27-19/h2-3,12,15,18H,4-11,13-14H2,1H3/t18-/m1/s1. The summed E-state index contributed by atoms with van der Waals surface area (Å²) >= 11 is 0. The third kappa shape index (κ3) is 3.95. The van der Waals surface area contributed by atoms with Crippen LogP contribution >= 0.6 is 0 Å². The van der Waals surface area contributed by atoms with Gasteiger partial charge in [0.2, 0.25) is 5.91 Å². The van der Waals surface area contributed by atoms with Crippen LogP contribution < -0.4 is 4.74 Å². The molecule has 2 fully saturated rings. The lowest BCUT2D eigenvalue weighted by molar-refractivity contribution is -0.135. The van der Waals surface area contributed by atoms with E-state index >= 15 is 0 Å². The summed E-state index contributed by atoms with van der Waals surface area (Å²) in [5.41, 5.74) is 1.76. The number of hydrogen-bond donors (Lipinski definition) is 0. The first-order chi connectivity index (χ1) is 13.1. The van der Waals surface area contributed by atoms with Crippen molar-refractivity contribution in [1.29, 1.82) is 0 Å². The van der Waals surface area contributed by atoms with Gasteiger partial charge in [0, 0.05) is 38.0 Å². The monoisotopic (exact) mass is 372 g/mol. The highest BCUT2D eigenvalue weighted by Gasteiger charge is 2.32. The number of rotatable bonds is 3. The fraction of sp³-hybridized carbons (Fsp3) is 0.619. The first kappa shape index (κ1) is 18.3. The van der Waals surface area contributed by atoms with Crippen molar-refractivity contribution < 1.29 is 19.1 Å². The van der Waals surface area contributed by atoms with Crippen LogP contribution in [0.15, 0.2) is 18.2 Å². The van der Waals surface area contributed by atoms with Gasteiger partial charge in [0.1, 0.15) is 5.75 Å². The van der Waals surface area contributed by atoms with Gasteiger partial charge in [-0.3, -0.25) is 9.59 Å². The molecule has 146 valence electrons. The Bertz CT molecular complexity index is 712. The molecule has 3 aliphatic rings. The maximum Gasteiger partial charge on any atom is 0.254 e. The third-order valence-corrected chi connectivity index (χ3v) is 5.97. The Kier molecular flexibility index (Phi) is 5.34. The van der Waals surface area contributed by atoms with Crippen molar-refractivity contribution in [3.63, 3.8) is 0 Å². The molecule has 6 nitrogen and oxygen atoms in total. The van der Waals surface area contributed by atoms with E-state index in [4.69, 9.17) is 9.47 Å². The van der Waals surface area contributed by atoms with E-state index in [0.717, 1.165) is 43.7 Å². The summed E-state index contributed by atoms with van der Waals surface area (Å²) in [6.45, 7) is 6.04. The van der Waals surface area contributed by atoms with Gasteiger partial charge in [0.15, 0.2) is 0 Å². The third-order valence-electron chi connectivity index (χ3n) is 5.97. The van der Waals surface area contributed by atoms with Crippen molar-refractivity contribution in [2.45, 2.75) is 38.6 Å². The summed E-state index contributed by atoms with van der Waals surface area (Å²) in [7, 11) is 0. The Morgan fingerprint density at radius 3 is 2.78 bits per heavy atom. The molecule has 1 aromatic rings. The quantitative estimate of drug-likeness (QED) is 0.815. The summed E-state index contributed by atoms with van der Waals surface area (Å²) in [4.78, 5) is 29.6. The number of carbonyl (C=O) groups excluding carboxylic acids is 2. The number of morpholine rings is 1. The number of piperidine rings is 1. The molecule has 27 heavy (non-hydrogen) atoms. The molecule has 6 heteroatoms. The molecule has 2 amide bonds. The van der Waals surface area contributed by atoms with E-state index in [0.29, 0.717) is 44.3 Å². The minimum Gasteiger partial charge on any atom is -0.493 e. The van der Waals surface area contributed by atoms with E-state index in [9.17, 15) is 9.59 Å². The highest BCUT2D eigenvalue weighted by molar-refractivity contribution is 5.95. The lowest BCUT2D eigenvalue weighted by Crippen LogP contribution is -2.51. The number of hydrogen-bond acceptors (Lipinski definition) is 4. The van der Waals surface area contributed by atoms with Gasteiger partial charge in [-0.05, 0) is 42.5 Å². The van der Waals surface area contributed by atoms with Gasteiger partial charge in [-0.2, -0.15) is 0 Å². The summed E-state index contributed by atoms with van der Waals surface area (Å²) in [5, 5.41) is 0. The maximum atomic E-state index is 13.1. The van der Waals surface area contributed by atoms with E-state index in [-0.39, 0.29) is 17.9 Å². The second kappa shape index (κ2) is 7.89. The largest absolute Gasteiger partial charge is 0.493 e. The number of benzene rings is 1. The molecule has 0 bridgehead atoms. The van der Waals surface area contributed by atoms with Crippen LogP contribution in [0, 0.1) is 5.92 Å². The number of likely N-dealkylation sites (tertiary alicyclic amines) is 1. The second-order valence-corrected chi connectivity index (χ2v) is 7.92. The number of carbonyl (C=O) groups is 2. The normalized spacial score (nSPS) is 23.1. The molecule has 1 atom stereocenters. The zero-order chi connectivity index (χ0) is 18.8. The molecule has 0 aromatic heterocycles. The molecule has 4 rings (SSSR count). The minimum atomic E-state index is -0.192. The van der Waals surface area contributed by atoms with Gasteiger partial charge in [0.05, 0.1) is 25.9 Å². The van der Waals surface area contributed by atoms with E-state index in [1.807, 2.05) is 28.0 Å². The minimum absolute atomic E-state index is 0.0157. The van der Waals surface area contributed by atoms with Crippen LogP contribution in [-0.2, 0) is 16.0 Å². The van der Waals surface area contributed by atoms with Crippen LogP contribution in [0.5, 0.6) is 5.75 Å². The Labute approximate surface area is 160 Å². The first-order valence-corrected chi connectivity index (χ1v) is 10.0. The lowest BCUT2D eigenvalue weighted by atomic mass is 9.98. The average Bonchev–Trinajstić information content (AvgIpc) is 3.16. The predicted molar refractivity (Wildman–Crippen MR) is 101 cm³/mol. The van der Waals surface area contributed by atoms with Gasteiger partial charge < -0.3 is 19.3 Å². The Morgan fingerprint density at radius 2 is 1.96 bits per heavy atom. The van der Waals surface area contributed by atoms with Crippen LogP contribution in [0.25, 0.3) is 0 Å². The Hall–Kier alpha value is -2.08. The summed E-state index contributed by atoms with van der Waals surface area (Å²) in [6, 6.07) is 5.45. The average molecular weight is 372 g/mol. The molecule has 0 aliphatic carbocycles. The lowest BCUT2D eigenvalue weighted by Gasteiger charge is -2.37. The Morgan fingerprint density at radius 1 is 1.15 bits per heavy atom. The zero-order valence-corrected chi connectivity index (χ0v) is 16.0. The SMILES string of the molecule is CC1CCN(C(=O)C[C@@H]2COCCN2C(=O)c2ccc3c(c2)CCO3)CC1. The topological polar surface area (TPSA) is 59.1 Å². The first-order valence-electron chi connectivity index (χ1n) is 10.0. The van der Waals surface area contributed by atoms with Crippen molar-refractivity contribution in [3.8, 4) is 5.75 Å². The van der Waals surface area contributed by atoms with Gasteiger partial charge in [0.25, 0.3) is 5.91 Å². The fourth-order valence-electron chi connectivity index (χ4n) is 4.17. The molecule has 0 radical (unpaired) electrons. The van der Waals surface area contributed by atoms with Crippen molar-refractivity contribution >= 4 is 11.8 Å². The van der Waals surface area contributed by atoms with Crippen LogP contribution in [0.4, 0.5) is 0 Å². The molecule has 3 aliphatic heterocycles. The summed E-state index contributed by atoms with van der Waals surface area (Å²) in [5.74, 6) is 1.68. The van der Waals surface area contributed by atoms with Crippen LogP contribution in [0.2, 0.25) is 0 Å². The van der Waals surface area contributed by atoms with Gasteiger partial charge in [-0.1, -0.05) is 6.92 Å². The van der Waals surface area contributed by atoms with E-state index in [1.165, 1.54) is 0 Å². The second-order valence-electron chi connectivity index (χ2n) is 7.92. The smallest absolute Gasteiger partial charge is 0.254 e. The van der Waals surface area contributed by atoms with Gasteiger partial charge in [-0.25, -0.2) is 0 Å². The number of nitrogens with zero attached hydrogens (tertiary/aromatic N) is 2. The van der Waals surface area contributed by atoms with Gasteiger partial charge >= 0.3 is 0 Å². The number of ether oxygens (including phenoxy) is 2. The molecule has 0 spiro atoms. The maximum absolute atomic E-state index is 13.1. The zero-order valence-electron chi connectivity index (χ0n) is 16.0. The number of amides is 2. The molecule has 2 saturated heterocycles. The summed E-state index contributed by atoms with van der Waals surface area (Å²) in [6.07, 6.45) is 3.31. The molecular weight excluding hydrogens is 344 g/mol. The molecule has 3 heterocycles. The van der Waals surface area contributed by atoms with E-state index in [1.54, 1.807) is 0 Å².